The third-order valence-corrected chi connectivity index (χ3v) is 3.09. The Bertz CT molecular complexity index is 729. The first-order valence-corrected chi connectivity index (χ1v) is 6.49. The summed E-state index contributed by atoms with van der Waals surface area (Å²) in [5.41, 5.74) is -0.398. The van der Waals surface area contributed by atoms with Crippen molar-refractivity contribution >= 4 is 17.5 Å². The Kier molecular flexibility index (Phi) is 4.65. The average Bonchev–Trinajstić information content (AvgIpc) is 2.54. The highest BCUT2D eigenvalue weighted by Crippen LogP contribution is 2.33. The molecular formula is C15H14N2O6. The molecule has 1 N–H and O–H groups in total. The Morgan fingerprint density at radius 2 is 1.70 bits per heavy atom. The Hall–Kier alpha value is -3.29. The van der Waals surface area contributed by atoms with Crippen molar-refractivity contribution in [1.29, 1.82) is 0 Å². The van der Waals surface area contributed by atoms with Gasteiger partial charge >= 0.3 is 6.09 Å². The van der Waals surface area contributed by atoms with E-state index in [9.17, 15) is 14.9 Å². The maximum Gasteiger partial charge on any atom is 0.411 e. The summed E-state index contributed by atoms with van der Waals surface area (Å²) < 4.78 is 10.6. The van der Waals surface area contributed by atoms with Gasteiger partial charge in [0.05, 0.1) is 12.0 Å². The molecule has 8 nitrogen and oxygen atoms in total. The van der Waals surface area contributed by atoms with Crippen molar-refractivity contribution in [1.82, 2.24) is 0 Å². The van der Waals surface area contributed by atoms with Gasteiger partial charge < -0.3 is 14.6 Å². The molecule has 0 aliphatic carbocycles. The molecule has 8 heteroatoms. The van der Waals surface area contributed by atoms with Crippen LogP contribution in [0.1, 0.15) is 0 Å². The van der Waals surface area contributed by atoms with Crippen molar-refractivity contribution in [3.8, 4) is 17.2 Å². The molecule has 1 amide bonds. The topological polar surface area (TPSA) is 102 Å². The number of rotatable bonds is 5. The van der Waals surface area contributed by atoms with Gasteiger partial charge in [0.2, 0.25) is 0 Å². The molecule has 0 aromatic heterocycles. The van der Waals surface area contributed by atoms with Crippen LogP contribution >= 0.6 is 0 Å². The molecule has 120 valence electrons. The maximum atomic E-state index is 11.1. The molecule has 0 bridgehead atoms. The minimum Gasteiger partial charge on any atom is -0.497 e. The van der Waals surface area contributed by atoms with Crippen molar-refractivity contribution in [3.05, 3.63) is 52.6 Å². The lowest BCUT2D eigenvalue weighted by Crippen LogP contribution is -2.24. The molecule has 0 radical (unpaired) electrons. The molecule has 0 saturated heterocycles. The van der Waals surface area contributed by atoms with Gasteiger partial charge in [-0.05, 0) is 30.3 Å². The molecule has 0 heterocycles. The number of ether oxygens (including phenoxy) is 2. The summed E-state index contributed by atoms with van der Waals surface area (Å²) in [5, 5.41) is 20.0. The van der Waals surface area contributed by atoms with E-state index in [1.54, 1.807) is 31.4 Å². The fraction of sp³-hybridized carbons (Fsp3) is 0.133. The first-order valence-electron chi connectivity index (χ1n) is 6.49. The molecule has 0 aliphatic rings. The van der Waals surface area contributed by atoms with E-state index < -0.39 is 11.0 Å². The SMILES string of the molecule is COc1ccc(Oc2ccc([N+](=O)[O-])c(N(C)C(=O)O)c2)cc1. The third-order valence-electron chi connectivity index (χ3n) is 3.09. The van der Waals surface area contributed by atoms with Gasteiger partial charge in [0.15, 0.2) is 0 Å². The molecule has 0 atom stereocenters. The summed E-state index contributed by atoms with van der Waals surface area (Å²) in [6.07, 6.45) is -1.31. The maximum absolute atomic E-state index is 11.1. The van der Waals surface area contributed by atoms with Gasteiger partial charge in [0.25, 0.3) is 5.69 Å². The van der Waals surface area contributed by atoms with Gasteiger partial charge in [-0.2, -0.15) is 0 Å². The van der Waals surface area contributed by atoms with Crippen LogP contribution in [-0.2, 0) is 0 Å². The summed E-state index contributed by atoms with van der Waals surface area (Å²) in [6.45, 7) is 0. The molecule has 0 fully saturated rings. The van der Waals surface area contributed by atoms with E-state index in [2.05, 4.69) is 0 Å². The quantitative estimate of drug-likeness (QED) is 0.668. The van der Waals surface area contributed by atoms with Crippen LogP contribution in [0.2, 0.25) is 0 Å². The summed E-state index contributed by atoms with van der Waals surface area (Å²) in [4.78, 5) is 22.2. The van der Waals surface area contributed by atoms with E-state index in [0.717, 1.165) is 4.90 Å². The molecule has 23 heavy (non-hydrogen) atoms. The van der Waals surface area contributed by atoms with Gasteiger partial charge in [-0.25, -0.2) is 4.79 Å². The number of nitro groups is 1. The molecular weight excluding hydrogens is 304 g/mol. The predicted molar refractivity (Wildman–Crippen MR) is 82.6 cm³/mol. The van der Waals surface area contributed by atoms with Crippen LogP contribution in [0.3, 0.4) is 0 Å². The second-order valence-electron chi connectivity index (χ2n) is 4.53. The van der Waals surface area contributed by atoms with Gasteiger partial charge in [-0.15, -0.1) is 0 Å². The average molecular weight is 318 g/mol. The number of carbonyl (C=O) groups is 1. The molecule has 2 rings (SSSR count). The number of nitro benzene ring substituents is 1. The van der Waals surface area contributed by atoms with Crippen LogP contribution in [0.5, 0.6) is 17.2 Å². The van der Waals surface area contributed by atoms with Gasteiger partial charge in [-0.1, -0.05) is 0 Å². The predicted octanol–water partition coefficient (Wildman–Crippen LogP) is 3.51. The lowest BCUT2D eigenvalue weighted by Gasteiger charge is -2.14. The highest BCUT2D eigenvalue weighted by molar-refractivity contribution is 5.89. The van der Waals surface area contributed by atoms with Gasteiger partial charge in [0.1, 0.15) is 22.9 Å². The molecule has 0 aliphatic heterocycles. The Morgan fingerprint density at radius 1 is 1.13 bits per heavy atom. The number of methoxy groups -OCH3 is 1. The summed E-state index contributed by atoms with van der Waals surface area (Å²) >= 11 is 0. The normalized spacial score (nSPS) is 10.0. The van der Waals surface area contributed by atoms with Crippen LogP contribution in [0, 0.1) is 10.1 Å². The van der Waals surface area contributed by atoms with E-state index in [4.69, 9.17) is 14.6 Å². The van der Waals surface area contributed by atoms with E-state index >= 15 is 0 Å². The monoisotopic (exact) mass is 318 g/mol. The summed E-state index contributed by atoms with van der Waals surface area (Å²) in [5.74, 6) is 1.43. The third kappa shape index (κ3) is 3.67. The van der Waals surface area contributed by atoms with Crippen LogP contribution in [0.15, 0.2) is 42.5 Å². The van der Waals surface area contributed by atoms with Crippen LogP contribution in [0.4, 0.5) is 16.2 Å². The van der Waals surface area contributed by atoms with E-state index in [1.165, 1.54) is 25.2 Å². The van der Waals surface area contributed by atoms with Crippen molar-refractivity contribution in [3.63, 3.8) is 0 Å². The standard InChI is InChI=1S/C15H14N2O6/c1-16(15(18)19)14-9-12(7-8-13(14)17(20)21)23-11-5-3-10(22-2)4-6-11/h3-9H,1-2H3,(H,18,19). The van der Waals surface area contributed by atoms with Crippen LogP contribution < -0.4 is 14.4 Å². The van der Waals surface area contributed by atoms with Crippen LogP contribution in [0.25, 0.3) is 0 Å². The van der Waals surface area contributed by atoms with Crippen molar-refractivity contribution in [2.24, 2.45) is 0 Å². The number of nitrogens with zero attached hydrogens (tertiary/aromatic N) is 2. The first-order chi connectivity index (χ1) is 10.9. The number of carboxylic acid groups (broad SMARTS) is 1. The highest BCUT2D eigenvalue weighted by Gasteiger charge is 2.22. The molecule has 0 unspecified atom stereocenters. The molecule has 2 aromatic carbocycles. The number of hydrogen-bond donors (Lipinski definition) is 1. The summed E-state index contributed by atoms with van der Waals surface area (Å²) in [7, 11) is 2.77. The zero-order valence-corrected chi connectivity index (χ0v) is 12.4. The number of benzene rings is 2. The van der Waals surface area contributed by atoms with Crippen LogP contribution in [-0.4, -0.2) is 30.3 Å². The molecule has 0 saturated carbocycles. The molecule has 0 spiro atoms. The first kappa shape index (κ1) is 16.1. The Labute approximate surface area is 131 Å². The lowest BCUT2D eigenvalue weighted by molar-refractivity contribution is -0.384. The minimum absolute atomic E-state index is 0.0755. The summed E-state index contributed by atoms with van der Waals surface area (Å²) in [6, 6.07) is 10.6. The zero-order chi connectivity index (χ0) is 17.0. The highest BCUT2D eigenvalue weighted by atomic mass is 16.6. The lowest BCUT2D eigenvalue weighted by atomic mass is 10.2. The fourth-order valence-electron chi connectivity index (χ4n) is 1.87. The van der Waals surface area contributed by atoms with Gasteiger partial charge in [0, 0.05) is 19.2 Å². The van der Waals surface area contributed by atoms with Crippen molar-refractivity contribution < 1.29 is 24.3 Å². The number of hydrogen-bond acceptors (Lipinski definition) is 5. The second-order valence-corrected chi connectivity index (χ2v) is 4.53. The minimum atomic E-state index is -1.31. The Balaban J connectivity index is 2.34. The van der Waals surface area contributed by atoms with Gasteiger partial charge in [-0.3, -0.25) is 15.0 Å². The largest absolute Gasteiger partial charge is 0.497 e. The number of amides is 1. The van der Waals surface area contributed by atoms with Crippen molar-refractivity contribution in [2.45, 2.75) is 0 Å². The van der Waals surface area contributed by atoms with E-state index in [1.807, 2.05) is 0 Å². The number of anilines is 1. The zero-order valence-electron chi connectivity index (χ0n) is 12.4. The van der Waals surface area contributed by atoms with E-state index in [-0.39, 0.29) is 17.1 Å². The fourth-order valence-corrected chi connectivity index (χ4v) is 1.87. The van der Waals surface area contributed by atoms with E-state index in [0.29, 0.717) is 11.5 Å². The Morgan fingerprint density at radius 3 is 2.22 bits per heavy atom. The second kappa shape index (κ2) is 6.65. The van der Waals surface area contributed by atoms with Crippen molar-refractivity contribution in [2.75, 3.05) is 19.1 Å². The molecule has 2 aromatic rings. The smallest absolute Gasteiger partial charge is 0.411 e.